The van der Waals surface area contributed by atoms with Crippen LogP contribution in [0.25, 0.3) is 22.1 Å². The molecule has 0 saturated carbocycles. The van der Waals surface area contributed by atoms with Gasteiger partial charge < -0.3 is 14.7 Å². The highest BCUT2D eigenvalue weighted by molar-refractivity contribution is 5.79. The van der Waals surface area contributed by atoms with Gasteiger partial charge in [-0.05, 0) is 19.1 Å². The van der Waals surface area contributed by atoms with E-state index in [9.17, 15) is 14.4 Å². The number of nitrogens with zero attached hydrogens (tertiary/aromatic N) is 2. The zero-order chi connectivity index (χ0) is 19.8. The number of hydrogen-bond acceptors (Lipinski definition) is 5. The number of fused-ring (bicyclic) bond motifs is 2. The lowest BCUT2D eigenvalue weighted by Gasteiger charge is -2.10. The van der Waals surface area contributed by atoms with E-state index >= 15 is 0 Å². The maximum Gasteiger partial charge on any atom is 0.329 e. The summed E-state index contributed by atoms with van der Waals surface area (Å²) in [6.07, 6.45) is 0.483. The van der Waals surface area contributed by atoms with Gasteiger partial charge in [-0.25, -0.2) is 9.78 Å². The van der Waals surface area contributed by atoms with Crippen LogP contribution in [-0.4, -0.2) is 25.4 Å². The Bertz CT molecular complexity index is 1260. The summed E-state index contributed by atoms with van der Waals surface area (Å²) in [7, 11) is 1.52. The van der Waals surface area contributed by atoms with E-state index in [-0.39, 0.29) is 29.5 Å². The third-order valence-electron chi connectivity index (χ3n) is 4.64. The van der Waals surface area contributed by atoms with Crippen LogP contribution < -0.4 is 16.6 Å². The molecule has 1 atom stereocenters. The third-order valence-corrected chi connectivity index (χ3v) is 4.64. The summed E-state index contributed by atoms with van der Waals surface area (Å²) in [5, 5.41) is 3.88. The molecule has 0 saturated heterocycles. The van der Waals surface area contributed by atoms with Gasteiger partial charge >= 0.3 is 5.69 Å². The fourth-order valence-corrected chi connectivity index (χ4v) is 3.10. The van der Waals surface area contributed by atoms with Crippen LogP contribution in [0.15, 0.2) is 44.3 Å². The quantitative estimate of drug-likeness (QED) is 0.483. The van der Waals surface area contributed by atoms with Crippen molar-refractivity contribution in [3.8, 4) is 0 Å². The number of H-pyrrole nitrogens is 2. The molecule has 0 radical (unpaired) electrons. The van der Waals surface area contributed by atoms with Gasteiger partial charge in [0, 0.05) is 25.3 Å². The van der Waals surface area contributed by atoms with Crippen LogP contribution in [0.3, 0.4) is 0 Å². The summed E-state index contributed by atoms with van der Waals surface area (Å²) < 4.78 is 7.02. The van der Waals surface area contributed by atoms with Crippen molar-refractivity contribution in [3.05, 3.63) is 62.8 Å². The minimum absolute atomic E-state index is 0.170. The van der Waals surface area contributed by atoms with E-state index in [1.807, 2.05) is 37.3 Å². The molecule has 3 N–H and O–H groups in total. The summed E-state index contributed by atoms with van der Waals surface area (Å²) in [5.41, 5.74) is 0.192. The first-order chi connectivity index (χ1) is 13.4. The van der Waals surface area contributed by atoms with Gasteiger partial charge in [-0.2, -0.15) is 0 Å². The molecule has 0 fully saturated rings. The second-order valence-electron chi connectivity index (χ2n) is 6.68. The fraction of sp³-hybridized carbons (Fsp3) is 0.263. The predicted octanol–water partition coefficient (Wildman–Crippen LogP) is 1.51. The first kappa shape index (κ1) is 17.8. The van der Waals surface area contributed by atoms with Crippen LogP contribution in [0, 0.1) is 0 Å². The number of rotatable bonds is 5. The highest BCUT2D eigenvalue weighted by Crippen LogP contribution is 2.23. The average molecular weight is 381 g/mol. The van der Waals surface area contributed by atoms with Crippen LogP contribution in [0.1, 0.15) is 31.0 Å². The van der Waals surface area contributed by atoms with Gasteiger partial charge in [-0.3, -0.25) is 19.1 Å². The minimum Gasteiger partial charge on any atom is -0.459 e. The molecule has 0 bridgehead atoms. The van der Waals surface area contributed by atoms with Crippen molar-refractivity contribution in [2.75, 3.05) is 0 Å². The molecule has 0 aliphatic carbocycles. The number of aromatic amines is 2. The van der Waals surface area contributed by atoms with Gasteiger partial charge in [0.2, 0.25) is 5.91 Å². The molecule has 1 unspecified atom stereocenters. The lowest BCUT2D eigenvalue weighted by molar-refractivity contribution is -0.121. The zero-order valence-electron chi connectivity index (χ0n) is 15.4. The van der Waals surface area contributed by atoms with Crippen molar-refractivity contribution in [1.29, 1.82) is 0 Å². The average Bonchev–Trinajstić information content (AvgIpc) is 3.29. The monoisotopic (exact) mass is 381 g/mol. The Kier molecular flexibility index (Phi) is 4.34. The topological polar surface area (TPSA) is 126 Å². The number of benzene rings is 1. The number of imidazole rings is 1. The molecule has 9 nitrogen and oxygen atoms in total. The Labute approximate surface area is 158 Å². The molecule has 3 aromatic heterocycles. The maximum absolute atomic E-state index is 12.3. The summed E-state index contributed by atoms with van der Waals surface area (Å²) in [6, 6.07) is 9.29. The van der Waals surface area contributed by atoms with Gasteiger partial charge in [0.25, 0.3) is 5.56 Å². The number of aryl methyl sites for hydroxylation is 2. The molecule has 0 aliphatic rings. The van der Waals surface area contributed by atoms with E-state index in [4.69, 9.17) is 4.42 Å². The van der Waals surface area contributed by atoms with Gasteiger partial charge in [-0.1, -0.05) is 18.2 Å². The molecule has 4 rings (SSSR count). The number of amides is 1. The van der Waals surface area contributed by atoms with Crippen LogP contribution in [0.4, 0.5) is 0 Å². The summed E-state index contributed by atoms with van der Waals surface area (Å²) >= 11 is 0. The van der Waals surface area contributed by atoms with Crippen LogP contribution in [0.5, 0.6) is 0 Å². The normalized spacial score (nSPS) is 12.5. The smallest absolute Gasteiger partial charge is 0.329 e. The second kappa shape index (κ2) is 6.84. The van der Waals surface area contributed by atoms with E-state index in [1.54, 1.807) is 0 Å². The van der Waals surface area contributed by atoms with Gasteiger partial charge in [0.1, 0.15) is 22.7 Å². The molecule has 0 spiro atoms. The highest BCUT2D eigenvalue weighted by atomic mass is 16.3. The molecule has 9 heteroatoms. The second-order valence-corrected chi connectivity index (χ2v) is 6.68. The Morgan fingerprint density at radius 1 is 1.29 bits per heavy atom. The third kappa shape index (κ3) is 3.22. The number of furan rings is 1. The van der Waals surface area contributed by atoms with E-state index in [0.717, 1.165) is 11.0 Å². The van der Waals surface area contributed by atoms with Crippen LogP contribution in [0.2, 0.25) is 0 Å². The summed E-state index contributed by atoms with van der Waals surface area (Å²) in [4.78, 5) is 45.1. The van der Waals surface area contributed by atoms with E-state index in [0.29, 0.717) is 18.0 Å². The van der Waals surface area contributed by atoms with Crippen molar-refractivity contribution >= 4 is 28.0 Å². The first-order valence-electron chi connectivity index (χ1n) is 8.88. The largest absolute Gasteiger partial charge is 0.459 e. The van der Waals surface area contributed by atoms with Gasteiger partial charge in [-0.15, -0.1) is 0 Å². The maximum atomic E-state index is 12.3. The van der Waals surface area contributed by atoms with Crippen LogP contribution in [-0.2, 0) is 18.3 Å². The molecule has 28 heavy (non-hydrogen) atoms. The first-order valence-corrected chi connectivity index (χ1v) is 8.88. The lowest BCUT2D eigenvalue weighted by Crippen LogP contribution is -2.28. The van der Waals surface area contributed by atoms with Gasteiger partial charge in [0.15, 0.2) is 5.65 Å². The van der Waals surface area contributed by atoms with Crippen molar-refractivity contribution in [2.45, 2.75) is 25.8 Å². The van der Waals surface area contributed by atoms with Crippen molar-refractivity contribution < 1.29 is 9.21 Å². The molecule has 4 aromatic rings. The summed E-state index contributed by atoms with van der Waals surface area (Å²) in [6.45, 7) is 1.85. The Morgan fingerprint density at radius 3 is 2.86 bits per heavy atom. The lowest BCUT2D eigenvalue weighted by atomic mass is 10.2. The van der Waals surface area contributed by atoms with Crippen molar-refractivity contribution in [2.24, 2.45) is 7.05 Å². The molecule has 144 valence electrons. The van der Waals surface area contributed by atoms with Crippen molar-refractivity contribution in [1.82, 2.24) is 24.8 Å². The molecule has 1 aromatic carbocycles. The predicted molar refractivity (Wildman–Crippen MR) is 103 cm³/mol. The van der Waals surface area contributed by atoms with E-state index in [2.05, 4.69) is 20.3 Å². The molecule has 3 heterocycles. The number of aromatic nitrogens is 4. The Hall–Kier alpha value is -3.62. The molecule has 0 aliphatic heterocycles. The number of carbonyl (C=O) groups excluding carboxylic acids is 1. The van der Waals surface area contributed by atoms with E-state index < -0.39 is 11.2 Å². The number of carbonyl (C=O) groups is 1. The molecular weight excluding hydrogens is 362 g/mol. The standard InChI is InChI=1S/C19H19N5O4/c1-10(13-9-11-5-3-4-6-12(11)28-13)20-15(25)8-7-14-21-16-17(22-14)24(2)19(27)23-18(16)26/h3-6,9-10H,7-8H2,1-2H3,(H,20,25)(H,21,22)(H,23,26,27). The Balaban J connectivity index is 1.43. The minimum atomic E-state index is -0.534. The molecule has 1 amide bonds. The van der Waals surface area contributed by atoms with E-state index in [1.165, 1.54) is 11.6 Å². The van der Waals surface area contributed by atoms with Crippen molar-refractivity contribution in [3.63, 3.8) is 0 Å². The fourth-order valence-electron chi connectivity index (χ4n) is 3.10. The SMILES string of the molecule is CC(NC(=O)CCc1nc2c([nH]1)c(=O)[nH]c(=O)n2C)c1cc2ccccc2o1. The van der Waals surface area contributed by atoms with Crippen LogP contribution >= 0.6 is 0 Å². The molecular formula is C19H19N5O4. The number of para-hydroxylation sites is 1. The number of hydrogen-bond donors (Lipinski definition) is 3. The van der Waals surface area contributed by atoms with Gasteiger partial charge in [0.05, 0.1) is 6.04 Å². The highest BCUT2D eigenvalue weighted by Gasteiger charge is 2.16. The zero-order valence-corrected chi connectivity index (χ0v) is 15.4. The Morgan fingerprint density at radius 2 is 2.07 bits per heavy atom. The summed E-state index contributed by atoms with van der Waals surface area (Å²) in [5.74, 6) is 0.976. The number of nitrogens with one attached hydrogen (secondary N) is 3.